The van der Waals surface area contributed by atoms with Gasteiger partial charge < -0.3 is 0 Å². The number of hydrogen-bond donors (Lipinski definition) is 1. The first-order chi connectivity index (χ1) is 5.48. The molecule has 0 heterocycles. The Morgan fingerprint density at radius 2 is 1.92 bits per heavy atom. The molecule has 0 atom stereocenters. The van der Waals surface area contributed by atoms with Crippen molar-refractivity contribution >= 4 is 10.0 Å². The second kappa shape index (κ2) is 5.54. The molecule has 0 unspecified atom stereocenters. The molecule has 0 saturated heterocycles. The highest BCUT2D eigenvalue weighted by Gasteiger charge is 2.08. The molecule has 3 nitrogen and oxygen atoms in total. The van der Waals surface area contributed by atoms with Crippen LogP contribution < -0.4 is 4.72 Å². The van der Waals surface area contributed by atoms with Crippen LogP contribution in [0, 0.1) is 5.92 Å². The third-order valence-electron chi connectivity index (χ3n) is 1.48. The van der Waals surface area contributed by atoms with Gasteiger partial charge in [-0.1, -0.05) is 27.2 Å². The van der Waals surface area contributed by atoms with Crippen molar-refractivity contribution in [1.29, 1.82) is 0 Å². The first kappa shape index (κ1) is 11.9. The summed E-state index contributed by atoms with van der Waals surface area (Å²) >= 11 is 0. The predicted octanol–water partition coefficient (Wildman–Crippen LogP) is 1.36. The minimum absolute atomic E-state index is 0.260. The number of sulfonamides is 1. The van der Waals surface area contributed by atoms with Gasteiger partial charge in [-0.25, -0.2) is 13.1 Å². The second-order valence-electron chi connectivity index (χ2n) is 3.41. The summed E-state index contributed by atoms with van der Waals surface area (Å²) < 4.78 is 24.9. The highest BCUT2D eigenvalue weighted by molar-refractivity contribution is 7.89. The zero-order valence-electron chi connectivity index (χ0n) is 8.13. The standard InChI is InChI=1S/C8H19NO2S/c1-4-5-6-12(10,11)9-7-8(2)3/h8-9H,4-7H2,1-3H3. The van der Waals surface area contributed by atoms with E-state index in [1.54, 1.807) is 0 Å². The van der Waals surface area contributed by atoms with Crippen LogP contribution in [0.25, 0.3) is 0 Å². The maximum absolute atomic E-state index is 11.2. The molecule has 0 amide bonds. The maximum atomic E-state index is 11.2. The Labute approximate surface area is 75.6 Å². The lowest BCUT2D eigenvalue weighted by atomic mass is 10.2. The number of hydrogen-bond acceptors (Lipinski definition) is 2. The lowest BCUT2D eigenvalue weighted by molar-refractivity contribution is 0.557. The van der Waals surface area contributed by atoms with Crippen molar-refractivity contribution in [2.45, 2.75) is 33.6 Å². The summed E-state index contributed by atoms with van der Waals surface area (Å²) in [6, 6.07) is 0. The summed E-state index contributed by atoms with van der Waals surface area (Å²) in [6.07, 6.45) is 1.66. The summed E-state index contributed by atoms with van der Waals surface area (Å²) in [5.41, 5.74) is 0. The second-order valence-corrected chi connectivity index (χ2v) is 5.34. The third-order valence-corrected chi connectivity index (χ3v) is 2.91. The van der Waals surface area contributed by atoms with Gasteiger partial charge in [-0.3, -0.25) is 0 Å². The van der Waals surface area contributed by atoms with Crippen LogP contribution in [0.2, 0.25) is 0 Å². The molecule has 0 aromatic heterocycles. The Bertz CT molecular complexity index is 197. The third kappa shape index (κ3) is 6.61. The minimum Gasteiger partial charge on any atom is -0.215 e. The van der Waals surface area contributed by atoms with Crippen molar-refractivity contribution in [2.75, 3.05) is 12.3 Å². The van der Waals surface area contributed by atoms with Crippen molar-refractivity contribution in [1.82, 2.24) is 4.72 Å². The molecular weight excluding hydrogens is 174 g/mol. The Morgan fingerprint density at radius 3 is 2.33 bits per heavy atom. The lowest BCUT2D eigenvalue weighted by Crippen LogP contribution is -2.29. The van der Waals surface area contributed by atoms with Crippen molar-refractivity contribution in [3.05, 3.63) is 0 Å². The fourth-order valence-corrected chi connectivity index (χ4v) is 2.10. The van der Waals surface area contributed by atoms with Gasteiger partial charge >= 0.3 is 0 Å². The molecule has 74 valence electrons. The van der Waals surface area contributed by atoms with Crippen molar-refractivity contribution in [3.8, 4) is 0 Å². The number of nitrogens with one attached hydrogen (secondary N) is 1. The normalized spacial score (nSPS) is 12.3. The van der Waals surface area contributed by atoms with E-state index in [2.05, 4.69) is 4.72 Å². The fourth-order valence-electron chi connectivity index (χ4n) is 0.700. The summed E-state index contributed by atoms with van der Waals surface area (Å²) in [4.78, 5) is 0. The minimum atomic E-state index is -2.99. The zero-order chi connectivity index (χ0) is 9.61. The van der Waals surface area contributed by atoms with E-state index in [4.69, 9.17) is 0 Å². The van der Waals surface area contributed by atoms with E-state index in [0.717, 1.165) is 12.8 Å². The van der Waals surface area contributed by atoms with Crippen LogP contribution >= 0.6 is 0 Å². The van der Waals surface area contributed by atoms with Crippen molar-refractivity contribution < 1.29 is 8.42 Å². The highest BCUT2D eigenvalue weighted by atomic mass is 32.2. The van der Waals surface area contributed by atoms with Crippen LogP contribution in [0.5, 0.6) is 0 Å². The van der Waals surface area contributed by atoms with Gasteiger partial charge in [0, 0.05) is 6.54 Å². The Hall–Kier alpha value is -0.0900. The van der Waals surface area contributed by atoms with Gasteiger partial charge in [-0.05, 0) is 12.3 Å². The number of rotatable bonds is 6. The maximum Gasteiger partial charge on any atom is 0.211 e. The molecule has 1 N–H and O–H groups in total. The van der Waals surface area contributed by atoms with E-state index in [-0.39, 0.29) is 5.75 Å². The Kier molecular flexibility index (Phi) is 5.50. The molecule has 0 fully saturated rings. The average molecular weight is 193 g/mol. The molecule has 12 heavy (non-hydrogen) atoms. The smallest absolute Gasteiger partial charge is 0.211 e. The van der Waals surface area contributed by atoms with Crippen LogP contribution in [-0.2, 0) is 10.0 Å². The molecule has 0 aliphatic rings. The summed E-state index contributed by atoms with van der Waals surface area (Å²) in [6.45, 7) is 6.51. The Morgan fingerprint density at radius 1 is 1.33 bits per heavy atom. The lowest BCUT2D eigenvalue weighted by Gasteiger charge is -2.07. The molecule has 0 radical (unpaired) electrons. The Balaban J connectivity index is 3.73. The zero-order valence-corrected chi connectivity index (χ0v) is 8.95. The first-order valence-electron chi connectivity index (χ1n) is 4.45. The average Bonchev–Trinajstić information content (AvgIpc) is 1.98. The summed E-state index contributed by atoms with van der Waals surface area (Å²) in [5.74, 6) is 0.636. The number of unbranched alkanes of at least 4 members (excludes halogenated alkanes) is 1. The van der Waals surface area contributed by atoms with Gasteiger partial charge in [-0.2, -0.15) is 0 Å². The van der Waals surface area contributed by atoms with Gasteiger partial charge in [-0.15, -0.1) is 0 Å². The largest absolute Gasteiger partial charge is 0.215 e. The molecule has 0 spiro atoms. The summed E-state index contributed by atoms with van der Waals surface area (Å²) in [5, 5.41) is 0. The van der Waals surface area contributed by atoms with Gasteiger partial charge in [0.15, 0.2) is 0 Å². The van der Waals surface area contributed by atoms with E-state index < -0.39 is 10.0 Å². The topological polar surface area (TPSA) is 46.2 Å². The van der Waals surface area contributed by atoms with Crippen molar-refractivity contribution in [3.63, 3.8) is 0 Å². The molecule has 0 aromatic carbocycles. The van der Waals surface area contributed by atoms with Crippen LogP contribution in [0.1, 0.15) is 33.6 Å². The molecule has 0 rings (SSSR count). The quantitative estimate of drug-likeness (QED) is 0.692. The molecule has 0 aliphatic heterocycles. The predicted molar refractivity (Wildman–Crippen MR) is 51.5 cm³/mol. The summed E-state index contributed by atoms with van der Waals surface area (Å²) in [7, 11) is -2.99. The molecule has 0 saturated carbocycles. The molecule has 0 aliphatic carbocycles. The van der Waals surface area contributed by atoms with E-state index in [1.807, 2.05) is 20.8 Å². The van der Waals surface area contributed by atoms with Crippen LogP contribution in [0.15, 0.2) is 0 Å². The molecule has 4 heteroatoms. The first-order valence-corrected chi connectivity index (χ1v) is 6.10. The van der Waals surface area contributed by atoms with Gasteiger partial charge in [0.2, 0.25) is 10.0 Å². The van der Waals surface area contributed by atoms with Gasteiger partial charge in [0.1, 0.15) is 0 Å². The van der Waals surface area contributed by atoms with E-state index in [1.165, 1.54) is 0 Å². The van der Waals surface area contributed by atoms with E-state index in [0.29, 0.717) is 12.5 Å². The van der Waals surface area contributed by atoms with Crippen LogP contribution in [-0.4, -0.2) is 20.7 Å². The van der Waals surface area contributed by atoms with E-state index >= 15 is 0 Å². The SMILES string of the molecule is CCCCS(=O)(=O)NCC(C)C. The molecular formula is C8H19NO2S. The van der Waals surface area contributed by atoms with Crippen molar-refractivity contribution in [2.24, 2.45) is 5.92 Å². The monoisotopic (exact) mass is 193 g/mol. The van der Waals surface area contributed by atoms with Crippen LogP contribution in [0.4, 0.5) is 0 Å². The van der Waals surface area contributed by atoms with Gasteiger partial charge in [0.05, 0.1) is 5.75 Å². The highest BCUT2D eigenvalue weighted by Crippen LogP contribution is 1.95. The molecule has 0 aromatic rings. The van der Waals surface area contributed by atoms with Gasteiger partial charge in [0.25, 0.3) is 0 Å². The van der Waals surface area contributed by atoms with E-state index in [9.17, 15) is 8.42 Å². The van der Waals surface area contributed by atoms with Crippen LogP contribution in [0.3, 0.4) is 0 Å². The molecule has 0 bridgehead atoms. The fraction of sp³-hybridized carbons (Fsp3) is 1.00.